The first-order valence-corrected chi connectivity index (χ1v) is 12.3. The van der Waals surface area contributed by atoms with Crippen LogP contribution in [0, 0.1) is 0 Å². The number of aliphatic hydroxyl groups is 1. The number of carbonyl (C=O) groups is 2. The Kier molecular flexibility index (Phi) is 9.13. The normalized spacial score (nSPS) is 17.6. The average molecular weight is 485 g/mol. The first-order valence-electron chi connectivity index (χ1n) is 11.9. The third-order valence-corrected chi connectivity index (χ3v) is 6.40. The minimum Gasteiger partial charge on any atom is -0.507 e. The predicted octanol–water partition coefficient (Wildman–Crippen LogP) is 5.28. The van der Waals surface area contributed by atoms with Crippen LogP contribution in [-0.2, 0) is 9.59 Å². The van der Waals surface area contributed by atoms with E-state index in [9.17, 15) is 14.7 Å². The summed E-state index contributed by atoms with van der Waals surface area (Å²) in [6.07, 6.45) is 1.93. The molecule has 6 nitrogen and oxygen atoms in total. The number of Topliss-reactive ketones (excluding diaryl/α,β-unsaturated/α-hetero) is 1. The van der Waals surface area contributed by atoms with Gasteiger partial charge in [-0.05, 0) is 49.3 Å². The fraction of sp³-hybridized carbons (Fsp3) is 0.407. The number of halogens is 1. The summed E-state index contributed by atoms with van der Waals surface area (Å²) in [6, 6.07) is 13.3. The van der Waals surface area contributed by atoms with Gasteiger partial charge in [-0.15, -0.1) is 0 Å². The lowest BCUT2D eigenvalue weighted by atomic mass is 9.95. The number of hydrogen-bond acceptors (Lipinski definition) is 5. The van der Waals surface area contributed by atoms with E-state index in [0.717, 1.165) is 31.5 Å². The number of hydrogen-bond donors (Lipinski definition) is 1. The summed E-state index contributed by atoms with van der Waals surface area (Å²) in [4.78, 5) is 30.0. The van der Waals surface area contributed by atoms with Crippen LogP contribution < -0.4 is 4.74 Å². The van der Waals surface area contributed by atoms with E-state index in [0.29, 0.717) is 36.0 Å². The third-order valence-electron chi connectivity index (χ3n) is 6.15. The molecule has 1 aliphatic heterocycles. The van der Waals surface area contributed by atoms with E-state index in [4.69, 9.17) is 16.3 Å². The molecule has 1 amide bonds. The number of rotatable bonds is 11. The smallest absolute Gasteiger partial charge is 0.295 e. The Morgan fingerprint density at radius 1 is 1.09 bits per heavy atom. The molecule has 0 aromatic heterocycles. The number of carbonyl (C=O) groups excluding carboxylic acids is 2. The summed E-state index contributed by atoms with van der Waals surface area (Å²) in [5.41, 5.74) is 1.24. The van der Waals surface area contributed by atoms with Crippen molar-refractivity contribution >= 4 is 29.1 Å². The van der Waals surface area contributed by atoms with Crippen molar-refractivity contribution in [3.05, 3.63) is 70.3 Å². The van der Waals surface area contributed by atoms with Gasteiger partial charge in [0.2, 0.25) is 0 Å². The molecular formula is C27H33ClN2O4. The molecule has 1 heterocycles. The number of unbranched alkanes of at least 4 members (excludes halogenated alkanes) is 1. The van der Waals surface area contributed by atoms with Crippen molar-refractivity contribution in [2.24, 2.45) is 0 Å². The summed E-state index contributed by atoms with van der Waals surface area (Å²) in [5, 5.41) is 11.8. The number of benzene rings is 2. The zero-order chi connectivity index (χ0) is 24.7. The van der Waals surface area contributed by atoms with Crippen LogP contribution in [0.3, 0.4) is 0 Å². The predicted molar refractivity (Wildman–Crippen MR) is 135 cm³/mol. The Labute approximate surface area is 206 Å². The molecule has 0 saturated carbocycles. The fourth-order valence-corrected chi connectivity index (χ4v) is 4.24. The van der Waals surface area contributed by atoms with Gasteiger partial charge in [-0.25, -0.2) is 0 Å². The second-order valence-electron chi connectivity index (χ2n) is 8.30. The maximum absolute atomic E-state index is 13.2. The lowest BCUT2D eigenvalue weighted by molar-refractivity contribution is -0.140. The second kappa shape index (κ2) is 12.0. The molecule has 2 aromatic rings. The first-order chi connectivity index (χ1) is 16.4. The molecule has 1 N–H and O–H groups in total. The van der Waals surface area contributed by atoms with Crippen molar-refractivity contribution in [2.45, 2.75) is 39.7 Å². The largest absolute Gasteiger partial charge is 0.507 e. The quantitative estimate of drug-likeness (QED) is 0.203. The monoisotopic (exact) mass is 484 g/mol. The van der Waals surface area contributed by atoms with E-state index in [-0.39, 0.29) is 11.3 Å². The van der Waals surface area contributed by atoms with E-state index in [1.807, 2.05) is 6.07 Å². The number of nitrogens with zero attached hydrogens (tertiary/aromatic N) is 2. The minimum absolute atomic E-state index is 0.0811. The molecule has 1 atom stereocenters. The lowest BCUT2D eigenvalue weighted by Gasteiger charge is -2.28. The van der Waals surface area contributed by atoms with Crippen molar-refractivity contribution in [1.82, 2.24) is 9.80 Å². The van der Waals surface area contributed by atoms with Gasteiger partial charge in [0.05, 0.1) is 18.2 Å². The number of aliphatic hydroxyl groups excluding tert-OH is 1. The van der Waals surface area contributed by atoms with Gasteiger partial charge in [0.25, 0.3) is 11.7 Å². The van der Waals surface area contributed by atoms with Crippen LogP contribution >= 0.6 is 11.6 Å². The molecule has 3 rings (SSSR count). The highest BCUT2D eigenvalue weighted by Gasteiger charge is 2.45. The van der Waals surface area contributed by atoms with E-state index >= 15 is 0 Å². The molecule has 0 bridgehead atoms. The number of ketones is 1. The molecule has 0 spiro atoms. The summed E-state index contributed by atoms with van der Waals surface area (Å²) < 4.78 is 5.77. The van der Waals surface area contributed by atoms with Gasteiger partial charge >= 0.3 is 0 Å². The van der Waals surface area contributed by atoms with Crippen molar-refractivity contribution in [1.29, 1.82) is 0 Å². The highest BCUT2D eigenvalue weighted by molar-refractivity contribution is 6.46. The zero-order valence-corrected chi connectivity index (χ0v) is 20.8. The molecule has 0 aliphatic carbocycles. The summed E-state index contributed by atoms with van der Waals surface area (Å²) in [7, 11) is 0. The van der Waals surface area contributed by atoms with Gasteiger partial charge in [-0.3, -0.25) is 9.59 Å². The minimum atomic E-state index is -0.697. The van der Waals surface area contributed by atoms with Crippen LogP contribution in [0.1, 0.15) is 50.8 Å². The summed E-state index contributed by atoms with van der Waals surface area (Å²) in [5.74, 6) is -0.890. The van der Waals surface area contributed by atoms with Crippen molar-refractivity contribution in [2.75, 3.05) is 32.8 Å². The van der Waals surface area contributed by atoms with E-state index in [1.54, 1.807) is 47.4 Å². The Morgan fingerprint density at radius 3 is 2.44 bits per heavy atom. The second-order valence-corrected chi connectivity index (χ2v) is 8.74. The molecule has 1 aliphatic rings. The SMILES string of the molecule is CCCCOc1cccc(C(O)=C2C(=O)C(=O)N(CCN(CC)CC)C2c2ccc(Cl)cc2)c1. The van der Waals surface area contributed by atoms with Crippen LogP contribution in [0.15, 0.2) is 54.1 Å². The van der Waals surface area contributed by atoms with Gasteiger partial charge in [0.1, 0.15) is 11.5 Å². The standard InChI is InChI=1S/C27H33ClN2O4/c1-4-7-17-34-22-10-8-9-20(18-22)25(31)23-24(19-11-13-21(28)14-12-19)30(27(33)26(23)32)16-15-29(5-2)6-3/h8-14,18,24,31H,4-7,15-17H2,1-3H3. The molecule has 34 heavy (non-hydrogen) atoms. The number of likely N-dealkylation sites (N-methyl/N-ethyl adjacent to an activating group) is 1. The molecule has 1 saturated heterocycles. The number of amides is 1. The molecule has 2 aromatic carbocycles. The van der Waals surface area contributed by atoms with E-state index in [2.05, 4.69) is 25.7 Å². The van der Waals surface area contributed by atoms with Gasteiger partial charge < -0.3 is 19.6 Å². The maximum atomic E-state index is 13.2. The van der Waals surface area contributed by atoms with E-state index in [1.165, 1.54) is 0 Å². The molecule has 0 radical (unpaired) electrons. The Hall–Kier alpha value is -2.83. The zero-order valence-electron chi connectivity index (χ0n) is 20.1. The first kappa shape index (κ1) is 25.8. The number of likely N-dealkylation sites (tertiary alicyclic amines) is 1. The molecule has 182 valence electrons. The maximum Gasteiger partial charge on any atom is 0.295 e. The molecule has 1 unspecified atom stereocenters. The van der Waals surface area contributed by atoms with Crippen LogP contribution in [0.2, 0.25) is 5.02 Å². The average Bonchev–Trinajstić information content (AvgIpc) is 3.10. The van der Waals surface area contributed by atoms with Crippen molar-refractivity contribution in [3.8, 4) is 5.75 Å². The van der Waals surface area contributed by atoms with Crippen molar-refractivity contribution in [3.63, 3.8) is 0 Å². The highest BCUT2D eigenvalue weighted by atomic mass is 35.5. The van der Waals surface area contributed by atoms with Gasteiger partial charge in [0.15, 0.2) is 0 Å². The molecular weight excluding hydrogens is 452 g/mol. The van der Waals surface area contributed by atoms with E-state index < -0.39 is 17.7 Å². The fourth-order valence-electron chi connectivity index (χ4n) is 4.11. The number of ether oxygens (including phenoxy) is 1. The van der Waals surface area contributed by atoms with Crippen LogP contribution in [0.4, 0.5) is 0 Å². The lowest BCUT2D eigenvalue weighted by Crippen LogP contribution is -2.38. The van der Waals surface area contributed by atoms with Crippen LogP contribution in [0.5, 0.6) is 5.75 Å². The van der Waals surface area contributed by atoms with Crippen LogP contribution in [-0.4, -0.2) is 59.4 Å². The molecule has 7 heteroatoms. The Balaban J connectivity index is 2.03. The summed E-state index contributed by atoms with van der Waals surface area (Å²) >= 11 is 6.09. The van der Waals surface area contributed by atoms with Gasteiger partial charge in [0, 0.05) is 23.7 Å². The molecule has 1 fully saturated rings. The Bertz CT molecular complexity index is 1030. The van der Waals surface area contributed by atoms with Gasteiger partial charge in [-0.1, -0.05) is 63.1 Å². The van der Waals surface area contributed by atoms with Crippen molar-refractivity contribution < 1.29 is 19.4 Å². The topological polar surface area (TPSA) is 70.1 Å². The highest BCUT2D eigenvalue weighted by Crippen LogP contribution is 2.39. The van der Waals surface area contributed by atoms with Gasteiger partial charge in [-0.2, -0.15) is 0 Å². The Morgan fingerprint density at radius 2 is 1.79 bits per heavy atom. The van der Waals surface area contributed by atoms with Crippen LogP contribution in [0.25, 0.3) is 5.76 Å². The third kappa shape index (κ3) is 5.80. The summed E-state index contributed by atoms with van der Waals surface area (Å²) in [6.45, 7) is 9.46.